The first-order valence-corrected chi connectivity index (χ1v) is 7.89. The summed E-state index contributed by atoms with van der Waals surface area (Å²) in [5, 5.41) is 3.30. The molecule has 0 radical (unpaired) electrons. The molecule has 0 spiro atoms. The number of carbonyl (C=O) groups excluding carboxylic acids is 2. The number of primary amides is 1. The Bertz CT molecular complexity index is 358. The van der Waals surface area contributed by atoms with E-state index in [4.69, 9.17) is 5.73 Å². The molecule has 2 fully saturated rings. The molecule has 1 aliphatic carbocycles. The summed E-state index contributed by atoms with van der Waals surface area (Å²) in [4.78, 5) is 26.2. The van der Waals surface area contributed by atoms with Gasteiger partial charge in [-0.25, -0.2) is 0 Å². The first-order chi connectivity index (χ1) is 9.59. The van der Waals surface area contributed by atoms with Crippen molar-refractivity contribution in [3.8, 4) is 0 Å². The molecule has 0 aromatic heterocycles. The van der Waals surface area contributed by atoms with Crippen LogP contribution in [0.2, 0.25) is 0 Å². The van der Waals surface area contributed by atoms with E-state index >= 15 is 0 Å². The van der Waals surface area contributed by atoms with E-state index in [0.717, 1.165) is 58.0 Å². The zero-order valence-electron chi connectivity index (χ0n) is 12.5. The number of nitrogens with two attached hydrogens (primary N) is 1. The minimum Gasteiger partial charge on any atom is -0.368 e. The van der Waals surface area contributed by atoms with Gasteiger partial charge in [-0.05, 0) is 45.2 Å². The molecule has 0 aromatic rings. The third kappa shape index (κ3) is 3.14. The second kappa shape index (κ2) is 6.57. The van der Waals surface area contributed by atoms with E-state index in [1.165, 1.54) is 0 Å². The van der Waals surface area contributed by atoms with Crippen molar-refractivity contribution in [2.24, 2.45) is 11.1 Å². The van der Waals surface area contributed by atoms with Gasteiger partial charge in [-0.15, -0.1) is 0 Å². The van der Waals surface area contributed by atoms with Gasteiger partial charge in [0, 0.05) is 11.5 Å². The molecule has 2 aliphatic rings. The van der Waals surface area contributed by atoms with E-state index in [1.807, 2.05) is 0 Å². The molecule has 5 nitrogen and oxygen atoms in total. The van der Waals surface area contributed by atoms with Crippen LogP contribution in [0.1, 0.15) is 51.9 Å². The quantitative estimate of drug-likeness (QED) is 0.790. The Labute approximate surface area is 121 Å². The predicted molar refractivity (Wildman–Crippen MR) is 78.0 cm³/mol. The third-order valence-electron chi connectivity index (χ3n) is 5.03. The standard InChI is InChI=1S/C15H27N3O2/c1-2-15(7-3-4-8-15)14(20)18(11-13(16)19)12-5-9-17-10-6-12/h12,17H,2-11H2,1H3,(H2,16,19). The maximum Gasteiger partial charge on any atom is 0.237 e. The first-order valence-electron chi connectivity index (χ1n) is 7.89. The van der Waals surface area contributed by atoms with Crippen molar-refractivity contribution in [2.45, 2.75) is 57.9 Å². The minimum absolute atomic E-state index is 0.0747. The van der Waals surface area contributed by atoms with E-state index in [1.54, 1.807) is 4.90 Å². The summed E-state index contributed by atoms with van der Waals surface area (Å²) in [6.07, 6.45) is 6.86. The van der Waals surface area contributed by atoms with Gasteiger partial charge in [0.25, 0.3) is 0 Å². The van der Waals surface area contributed by atoms with E-state index in [0.29, 0.717) is 0 Å². The maximum absolute atomic E-state index is 13.0. The predicted octanol–water partition coefficient (Wildman–Crippen LogP) is 1.02. The molecule has 0 bridgehead atoms. The van der Waals surface area contributed by atoms with Crippen molar-refractivity contribution >= 4 is 11.8 Å². The lowest BCUT2D eigenvalue weighted by molar-refractivity contribution is -0.147. The van der Waals surface area contributed by atoms with E-state index in [9.17, 15) is 9.59 Å². The Hall–Kier alpha value is -1.10. The summed E-state index contributed by atoms with van der Waals surface area (Å²) in [7, 11) is 0. The summed E-state index contributed by atoms with van der Waals surface area (Å²) in [5.74, 6) is -0.232. The highest BCUT2D eigenvalue weighted by Gasteiger charge is 2.43. The number of nitrogens with one attached hydrogen (secondary N) is 1. The highest BCUT2D eigenvalue weighted by Crippen LogP contribution is 2.43. The Morgan fingerprint density at radius 2 is 1.85 bits per heavy atom. The zero-order chi connectivity index (χ0) is 14.6. The van der Waals surface area contributed by atoms with Gasteiger partial charge in [-0.1, -0.05) is 19.8 Å². The fraction of sp³-hybridized carbons (Fsp3) is 0.867. The van der Waals surface area contributed by atoms with Crippen molar-refractivity contribution in [3.63, 3.8) is 0 Å². The van der Waals surface area contributed by atoms with Crippen LogP contribution in [-0.2, 0) is 9.59 Å². The lowest BCUT2D eigenvalue weighted by Crippen LogP contribution is -2.53. The minimum atomic E-state index is -0.402. The van der Waals surface area contributed by atoms with Gasteiger partial charge in [0.2, 0.25) is 11.8 Å². The molecule has 1 aliphatic heterocycles. The Balaban J connectivity index is 2.16. The van der Waals surface area contributed by atoms with Gasteiger partial charge in [0.1, 0.15) is 0 Å². The smallest absolute Gasteiger partial charge is 0.237 e. The molecule has 0 atom stereocenters. The van der Waals surface area contributed by atoms with Crippen molar-refractivity contribution < 1.29 is 9.59 Å². The van der Waals surface area contributed by atoms with Crippen molar-refractivity contribution in [2.75, 3.05) is 19.6 Å². The van der Waals surface area contributed by atoms with E-state index < -0.39 is 5.91 Å². The molecule has 114 valence electrons. The molecule has 3 N–H and O–H groups in total. The highest BCUT2D eigenvalue weighted by atomic mass is 16.2. The Morgan fingerprint density at radius 3 is 2.35 bits per heavy atom. The van der Waals surface area contributed by atoms with Gasteiger partial charge in [0.05, 0.1) is 6.54 Å². The Morgan fingerprint density at radius 1 is 1.25 bits per heavy atom. The van der Waals surface area contributed by atoms with Crippen LogP contribution in [0.15, 0.2) is 0 Å². The normalized spacial score (nSPS) is 22.6. The third-order valence-corrected chi connectivity index (χ3v) is 5.03. The molecule has 0 aromatic carbocycles. The number of rotatable bonds is 5. The van der Waals surface area contributed by atoms with E-state index in [2.05, 4.69) is 12.2 Å². The lowest BCUT2D eigenvalue weighted by atomic mass is 9.81. The number of piperidine rings is 1. The molecule has 1 saturated carbocycles. The number of hydrogen-bond acceptors (Lipinski definition) is 3. The fourth-order valence-corrected chi connectivity index (χ4v) is 3.73. The molecule has 0 unspecified atom stereocenters. The summed E-state index contributed by atoms with van der Waals surface area (Å²) in [5.41, 5.74) is 5.14. The summed E-state index contributed by atoms with van der Waals surface area (Å²) < 4.78 is 0. The highest BCUT2D eigenvalue weighted by molar-refractivity contribution is 5.88. The van der Waals surface area contributed by atoms with Gasteiger partial charge >= 0.3 is 0 Å². The van der Waals surface area contributed by atoms with Crippen molar-refractivity contribution in [3.05, 3.63) is 0 Å². The van der Waals surface area contributed by atoms with Crippen LogP contribution in [0.4, 0.5) is 0 Å². The topological polar surface area (TPSA) is 75.4 Å². The average molecular weight is 281 g/mol. The summed E-state index contributed by atoms with van der Waals surface area (Å²) in [6, 6.07) is 0.167. The maximum atomic E-state index is 13.0. The van der Waals surface area contributed by atoms with Crippen LogP contribution in [0.3, 0.4) is 0 Å². The second-order valence-electron chi connectivity index (χ2n) is 6.22. The number of amides is 2. The average Bonchev–Trinajstić information content (AvgIpc) is 2.95. The van der Waals surface area contributed by atoms with Crippen LogP contribution in [0, 0.1) is 5.41 Å². The van der Waals surface area contributed by atoms with Crippen LogP contribution >= 0.6 is 0 Å². The zero-order valence-corrected chi connectivity index (χ0v) is 12.5. The second-order valence-corrected chi connectivity index (χ2v) is 6.22. The summed E-state index contributed by atoms with van der Waals surface area (Å²) in [6.45, 7) is 3.98. The monoisotopic (exact) mass is 281 g/mol. The lowest BCUT2D eigenvalue weighted by Gasteiger charge is -2.39. The first kappa shape index (κ1) is 15.3. The molecule has 1 heterocycles. The van der Waals surface area contributed by atoms with Crippen molar-refractivity contribution in [1.29, 1.82) is 0 Å². The Kier molecular flexibility index (Phi) is 5.02. The fourth-order valence-electron chi connectivity index (χ4n) is 3.73. The van der Waals surface area contributed by atoms with Crippen LogP contribution in [0.5, 0.6) is 0 Å². The summed E-state index contributed by atoms with van der Waals surface area (Å²) >= 11 is 0. The van der Waals surface area contributed by atoms with Gasteiger partial charge in [-0.3, -0.25) is 9.59 Å². The molecule has 1 saturated heterocycles. The van der Waals surface area contributed by atoms with Crippen LogP contribution in [0.25, 0.3) is 0 Å². The largest absolute Gasteiger partial charge is 0.368 e. The molecule has 20 heavy (non-hydrogen) atoms. The SMILES string of the molecule is CCC1(C(=O)N(CC(N)=O)C2CCNCC2)CCCC1. The molecule has 2 amide bonds. The molecule has 5 heteroatoms. The van der Waals surface area contributed by atoms with Gasteiger partial charge < -0.3 is 16.0 Å². The van der Waals surface area contributed by atoms with Crippen LogP contribution in [-0.4, -0.2) is 42.4 Å². The van der Waals surface area contributed by atoms with Gasteiger partial charge in [-0.2, -0.15) is 0 Å². The molecular weight excluding hydrogens is 254 g/mol. The number of carbonyl (C=O) groups is 2. The van der Waals surface area contributed by atoms with Gasteiger partial charge in [0.15, 0.2) is 0 Å². The van der Waals surface area contributed by atoms with E-state index in [-0.39, 0.29) is 23.9 Å². The molecular formula is C15H27N3O2. The van der Waals surface area contributed by atoms with Crippen LogP contribution < -0.4 is 11.1 Å². The number of hydrogen-bond donors (Lipinski definition) is 2. The van der Waals surface area contributed by atoms with Crippen molar-refractivity contribution in [1.82, 2.24) is 10.2 Å². The molecule has 2 rings (SSSR count). The number of nitrogens with zero attached hydrogens (tertiary/aromatic N) is 1.